The fraction of sp³-hybridized carbons (Fsp3) is 0.455. The Labute approximate surface area is 114 Å². The Balaban J connectivity index is 2.14. The fourth-order valence-corrected chi connectivity index (χ4v) is 2.62. The lowest BCUT2D eigenvalue weighted by Crippen LogP contribution is -2.37. The average molecular weight is 277 g/mol. The van der Waals surface area contributed by atoms with E-state index in [0.29, 0.717) is 36.0 Å². The van der Waals surface area contributed by atoms with Crippen molar-refractivity contribution < 1.29 is 9.47 Å². The van der Waals surface area contributed by atoms with Gasteiger partial charge in [-0.1, -0.05) is 0 Å². The number of morpholine rings is 1. The van der Waals surface area contributed by atoms with Crippen LogP contribution in [0.5, 0.6) is 5.88 Å². The molecule has 0 amide bonds. The molecule has 0 aromatic heterocycles. The summed E-state index contributed by atoms with van der Waals surface area (Å²) in [4.78, 5) is 6.30. The number of anilines is 1. The lowest BCUT2D eigenvalue weighted by molar-refractivity contribution is 0.122. The van der Waals surface area contributed by atoms with Gasteiger partial charge in [0.25, 0.3) is 0 Å². The Morgan fingerprint density at radius 1 is 1.37 bits per heavy atom. The van der Waals surface area contributed by atoms with Gasteiger partial charge in [-0.25, -0.2) is 0 Å². The zero-order valence-electron chi connectivity index (χ0n) is 10.3. The molecule has 0 atom stereocenters. The maximum absolute atomic E-state index is 9.29. The lowest BCUT2D eigenvalue weighted by atomic mass is 10.1. The molecule has 0 aromatic rings. The van der Waals surface area contributed by atoms with Crippen molar-refractivity contribution in [2.24, 2.45) is 0 Å². The first-order valence-electron chi connectivity index (χ1n) is 5.78. The van der Waals surface area contributed by atoms with Crippen LogP contribution in [0.2, 0.25) is 0 Å². The van der Waals surface area contributed by atoms with Crippen LogP contribution >= 0.6 is 11.7 Å². The van der Waals surface area contributed by atoms with Gasteiger partial charge in [-0.15, -0.1) is 0 Å². The third-order valence-electron chi connectivity index (χ3n) is 2.99. The Hall–Kier alpha value is -1.98. The van der Waals surface area contributed by atoms with Gasteiger partial charge in [0.1, 0.15) is 11.6 Å². The highest BCUT2D eigenvalue weighted by atomic mass is 32.1. The molecule has 8 heteroatoms. The van der Waals surface area contributed by atoms with E-state index in [1.165, 1.54) is 7.11 Å². The van der Waals surface area contributed by atoms with E-state index in [-0.39, 0.29) is 0 Å². The van der Waals surface area contributed by atoms with Crippen LogP contribution in [0.15, 0.2) is 0 Å². The van der Waals surface area contributed by atoms with E-state index in [2.05, 4.69) is 24.7 Å². The van der Waals surface area contributed by atoms with Gasteiger partial charge in [-0.2, -0.15) is 19.0 Å². The molecule has 98 valence electrons. The lowest BCUT2D eigenvalue weighted by Gasteiger charge is -2.28. The van der Waals surface area contributed by atoms with E-state index < -0.39 is 0 Å². The van der Waals surface area contributed by atoms with Crippen molar-refractivity contribution in [3.05, 3.63) is 5.56 Å². The van der Waals surface area contributed by atoms with Crippen LogP contribution in [0.4, 0.5) is 5.82 Å². The van der Waals surface area contributed by atoms with E-state index in [0.717, 1.165) is 30.6 Å². The molecule has 0 radical (unpaired) electrons. The minimum atomic E-state index is 0.305. The summed E-state index contributed by atoms with van der Waals surface area (Å²) in [6.07, 6.45) is 0. The smallest absolute Gasteiger partial charge is 0.234 e. The molecule has 3 aliphatic heterocycles. The first kappa shape index (κ1) is 12.1. The van der Waals surface area contributed by atoms with Crippen molar-refractivity contribution in [3.63, 3.8) is 0 Å². The standard InChI is InChI=1S/C11H11N5O2S/c1-17-11-7(6-12)8-9(13-11)14-19-15-10(8)16-2-4-18-5-3-16/h2-5H2,1H3. The predicted molar refractivity (Wildman–Crippen MR) is 68.6 cm³/mol. The van der Waals surface area contributed by atoms with Gasteiger partial charge >= 0.3 is 0 Å². The van der Waals surface area contributed by atoms with Crippen molar-refractivity contribution in [2.75, 3.05) is 38.3 Å². The minimum Gasteiger partial charge on any atom is -0.480 e. The molecule has 0 spiro atoms. The second-order valence-corrected chi connectivity index (χ2v) is 4.52. The summed E-state index contributed by atoms with van der Waals surface area (Å²) in [6.45, 7) is 2.81. The normalized spacial score (nSPS) is 15.5. The first-order chi connectivity index (χ1) is 9.35. The molecule has 3 rings (SSSR count). The summed E-state index contributed by atoms with van der Waals surface area (Å²) in [5.74, 6) is 1.56. The molecule has 1 saturated heterocycles. The zero-order valence-corrected chi connectivity index (χ0v) is 11.1. The number of fused-ring (bicyclic) bond motifs is 1. The Morgan fingerprint density at radius 3 is 2.84 bits per heavy atom. The Bertz CT molecular complexity index is 602. The molecule has 0 aliphatic carbocycles. The first-order valence-corrected chi connectivity index (χ1v) is 6.51. The number of aromatic nitrogens is 3. The number of rotatable bonds is 2. The van der Waals surface area contributed by atoms with Crippen molar-refractivity contribution in [1.29, 1.82) is 5.26 Å². The molecule has 3 heterocycles. The van der Waals surface area contributed by atoms with Gasteiger partial charge in [-0.3, -0.25) is 0 Å². The van der Waals surface area contributed by atoms with Gasteiger partial charge in [0.05, 0.1) is 37.6 Å². The van der Waals surface area contributed by atoms with E-state index >= 15 is 0 Å². The van der Waals surface area contributed by atoms with Crippen molar-refractivity contribution >= 4 is 17.5 Å². The number of hydrogen-bond donors (Lipinski definition) is 0. The summed E-state index contributed by atoms with van der Waals surface area (Å²) in [6, 6.07) is 2.13. The van der Waals surface area contributed by atoms with E-state index in [1.807, 2.05) is 0 Å². The van der Waals surface area contributed by atoms with Gasteiger partial charge in [0.15, 0.2) is 11.6 Å². The summed E-state index contributed by atoms with van der Waals surface area (Å²) >= 11 is 1.09. The van der Waals surface area contributed by atoms with Crippen LogP contribution in [-0.4, -0.2) is 47.1 Å². The molecular formula is C11H11N5O2S. The molecule has 7 nitrogen and oxygen atoms in total. The monoisotopic (exact) mass is 277 g/mol. The second-order valence-electron chi connectivity index (χ2n) is 3.99. The van der Waals surface area contributed by atoms with Crippen molar-refractivity contribution in [2.45, 2.75) is 0 Å². The highest BCUT2D eigenvalue weighted by Crippen LogP contribution is 2.38. The van der Waals surface area contributed by atoms with Gasteiger partial charge in [-0.05, 0) is 0 Å². The van der Waals surface area contributed by atoms with Crippen LogP contribution in [-0.2, 0) is 4.74 Å². The maximum atomic E-state index is 9.29. The largest absolute Gasteiger partial charge is 0.480 e. The summed E-state index contributed by atoms with van der Waals surface area (Å²) < 4.78 is 18.9. The molecule has 0 N–H and O–H groups in total. The highest BCUT2D eigenvalue weighted by Gasteiger charge is 2.28. The van der Waals surface area contributed by atoms with Gasteiger partial charge < -0.3 is 14.4 Å². The molecule has 3 aliphatic rings. The van der Waals surface area contributed by atoms with Crippen LogP contribution in [0.3, 0.4) is 0 Å². The quantitative estimate of drug-likeness (QED) is 0.801. The Morgan fingerprint density at radius 2 is 2.16 bits per heavy atom. The van der Waals surface area contributed by atoms with E-state index in [9.17, 15) is 5.26 Å². The molecule has 1 fully saturated rings. The van der Waals surface area contributed by atoms with Crippen molar-refractivity contribution in [1.82, 2.24) is 13.7 Å². The molecular weight excluding hydrogens is 266 g/mol. The molecule has 0 bridgehead atoms. The SMILES string of the molecule is COc1nc2nsnc(N3CCOCC3)c-2c1C#N. The number of nitriles is 1. The Kier molecular flexibility index (Phi) is 3.15. The highest BCUT2D eigenvalue weighted by molar-refractivity contribution is 6.99. The van der Waals surface area contributed by atoms with E-state index in [4.69, 9.17) is 9.47 Å². The van der Waals surface area contributed by atoms with Crippen LogP contribution in [0.1, 0.15) is 5.56 Å². The number of ether oxygens (including phenoxy) is 2. The fourth-order valence-electron chi connectivity index (χ4n) is 2.09. The second kappa shape index (κ2) is 4.95. The summed E-state index contributed by atoms with van der Waals surface area (Å²) in [5.41, 5.74) is 1.06. The van der Waals surface area contributed by atoms with Crippen LogP contribution in [0.25, 0.3) is 11.4 Å². The summed E-state index contributed by atoms with van der Waals surface area (Å²) in [5, 5.41) is 9.29. The molecule has 19 heavy (non-hydrogen) atoms. The van der Waals surface area contributed by atoms with Gasteiger partial charge in [0.2, 0.25) is 5.88 Å². The number of methoxy groups -OCH3 is 1. The summed E-state index contributed by atoms with van der Waals surface area (Å²) in [7, 11) is 1.49. The van der Waals surface area contributed by atoms with E-state index in [1.54, 1.807) is 0 Å². The van der Waals surface area contributed by atoms with Gasteiger partial charge in [0, 0.05) is 13.1 Å². The number of nitrogens with zero attached hydrogens (tertiary/aromatic N) is 5. The minimum absolute atomic E-state index is 0.305. The molecule has 0 unspecified atom stereocenters. The third kappa shape index (κ3) is 1.97. The topological polar surface area (TPSA) is 84.2 Å². The third-order valence-corrected chi connectivity index (χ3v) is 3.50. The maximum Gasteiger partial charge on any atom is 0.234 e. The predicted octanol–water partition coefficient (Wildman–Crippen LogP) is 0.755. The van der Waals surface area contributed by atoms with Crippen molar-refractivity contribution in [3.8, 4) is 23.3 Å². The molecule has 0 saturated carbocycles. The van der Waals surface area contributed by atoms with Crippen LogP contribution in [0, 0.1) is 11.3 Å². The number of hydrogen-bond acceptors (Lipinski definition) is 8. The average Bonchev–Trinajstić information content (AvgIpc) is 2.85. The van der Waals surface area contributed by atoms with Crippen LogP contribution < -0.4 is 9.64 Å². The zero-order chi connectivity index (χ0) is 13.2. The molecule has 0 aromatic carbocycles.